The van der Waals surface area contributed by atoms with Crippen LogP contribution in [0.1, 0.15) is 16.6 Å². The second-order valence-electron chi connectivity index (χ2n) is 2.74. The van der Waals surface area contributed by atoms with Crippen LogP contribution in [0.4, 0.5) is 4.39 Å². The van der Waals surface area contributed by atoms with Gasteiger partial charge >= 0.3 is 0 Å². The summed E-state index contributed by atoms with van der Waals surface area (Å²) in [7, 11) is 0. The summed E-state index contributed by atoms with van der Waals surface area (Å²) in [6.45, 7) is 0. The molecule has 2 nitrogen and oxygen atoms in total. The smallest absolute Gasteiger partial charge is 0.139 e. The van der Waals surface area contributed by atoms with E-state index in [1.807, 2.05) is 12.1 Å². The van der Waals surface area contributed by atoms with Gasteiger partial charge in [-0.25, -0.2) is 4.39 Å². The molecule has 0 aliphatic heterocycles. The maximum absolute atomic E-state index is 13.1. The second-order valence-corrected chi connectivity index (χ2v) is 3.68. The number of halogens is 1. The van der Waals surface area contributed by atoms with Crippen molar-refractivity contribution in [2.45, 2.75) is 6.04 Å². The summed E-state index contributed by atoms with van der Waals surface area (Å²) >= 11 is 1.34. The standard InChI is InChI=1S/C9H9FN2S/c10-6-3-5-13-9(6)8(11)7-2-1-4-12-7/h1-5,8,12H,11H2. The van der Waals surface area contributed by atoms with E-state index < -0.39 is 0 Å². The molecule has 3 N–H and O–H groups in total. The zero-order chi connectivity index (χ0) is 9.26. The highest BCUT2D eigenvalue weighted by molar-refractivity contribution is 7.10. The molecule has 0 spiro atoms. The Bertz CT molecular complexity index is 380. The number of nitrogens with one attached hydrogen (secondary N) is 1. The Labute approximate surface area is 79.2 Å². The zero-order valence-corrected chi connectivity index (χ0v) is 7.64. The molecule has 2 aromatic rings. The normalized spacial score (nSPS) is 13.1. The van der Waals surface area contributed by atoms with Gasteiger partial charge in [0.25, 0.3) is 0 Å². The summed E-state index contributed by atoms with van der Waals surface area (Å²) in [6, 6.07) is 4.75. The topological polar surface area (TPSA) is 41.8 Å². The Morgan fingerprint density at radius 3 is 2.85 bits per heavy atom. The van der Waals surface area contributed by atoms with Crippen molar-refractivity contribution in [3.05, 3.63) is 46.2 Å². The minimum Gasteiger partial charge on any atom is -0.363 e. The van der Waals surface area contributed by atoms with Gasteiger partial charge < -0.3 is 10.7 Å². The van der Waals surface area contributed by atoms with Crippen LogP contribution in [0, 0.1) is 5.82 Å². The Hall–Kier alpha value is -1.13. The van der Waals surface area contributed by atoms with E-state index in [2.05, 4.69) is 4.98 Å². The van der Waals surface area contributed by atoms with E-state index in [9.17, 15) is 4.39 Å². The Balaban J connectivity index is 2.33. The highest BCUT2D eigenvalue weighted by Gasteiger charge is 2.14. The van der Waals surface area contributed by atoms with Gasteiger partial charge in [0.1, 0.15) is 5.82 Å². The van der Waals surface area contributed by atoms with Crippen LogP contribution in [0.25, 0.3) is 0 Å². The summed E-state index contributed by atoms with van der Waals surface area (Å²) < 4.78 is 13.1. The molecule has 2 rings (SSSR count). The van der Waals surface area contributed by atoms with Crippen LogP contribution in [0.5, 0.6) is 0 Å². The molecule has 0 radical (unpaired) electrons. The number of thiophene rings is 1. The van der Waals surface area contributed by atoms with E-state index in [0.717, 1.165) is 5.69 Å². The van der Waals surface area contributed by atoms with Gasteiger partial charge in [0, 0.05) is 11.9 Å². The molecular formula is C9H9FN2S. The van der Waals surface area contributed by atoms with Crippen molar-refractivity contribution in [1.82, 2.24) is 4.98 Å². The quantitative estimate of drug-likeness (QED) is 0.760. The number of aromatic amines is 1. The molecule has 1 atom stereocenters. The van der Waals surface area contributed by atoms with Crippen molar-refractivity contribution in [2.75, 3.05) is 0 Å². The third kappa shape index (κ3) is 1.50. The first kappa shape index (κ1) is 8.47. The average molecular weight is 196 g/mol. The fourth-order valence-electron chi connectivity index (χ4n) is 1.21. The van der Waals surface area contributed by atoms with Crippen molar-refractivity contribution < 1.29 is 4.39 Å². The lowest BCUT2D eigenvalue weighted by atomic mass is 10.2. The van der Waals surface area contributed by atoms with Crippen LogP contribution >= 0.6 is 11.3 Å². The summed E-state index contributed by atoms with van der Waals surface area (Å²) in [5.41, 5.74) is 6.68. The van der Waals surface area contributed by atoms with Gasteiger partial charge in [-0.15, -0.1) is 11.3 Å². The highest BCUT2D eigenvalue weighted by atomic mass is 32.1. The van der Waals surface area contributed by atoms with Gasteiger partial charge in [-0.2, -0.15) is 0 Å². The maximum atomic E-state index is 13.1. The summed E-state index contributed by atoms with van der Waals surface area (Å²) in [5.74, 6) is -0.230. The van der Waals surface area contributed by atoms with Gasteiger partial charge in [-0.3, -0.25) is 0 Å². The minimum absolute atomic E-state index is 0.230. The first-order valence-electron chi connectivity index (χ1n) is 3.91. The summed E-state index contributed by atoms with van der Waals surface area (Å²) in [4.78, 5) is 3.54. The number of hydrogen-bond donors (Lipinski definition) is 2. The summed E-state index contributed by atoms with van der Waals surface area (Å²) in [5, 5.41) is 1.70. The number of H-pyrrole nitrogens is 1. The Morgan fingerprint density at radius 2 is 2.31 bits per heavy atom. The monoisotopic (exact) mass is 196 g/mol. The molecule has 0 aliphatic rings. The van der Waals surface area contributed by atoms with Gasteiger partial charge in [0.05, 0.1) is 10.9 Å². The van der Waals surface area contributed by atoms with Gasteiger partial charge in [0.15, 0.2) is 0 Å². The van der Waals surface area contributed by atoms with E-state index >= 15 is 0 Å². The van der Waals surface area contributed by atoms with Crippen LogP contribution in [-0.4, -0.2) is 4.98 Å². The number of aromatic nitrogens is 1. The highest BCUT2D eigenvalue weighted by Crippen LogP contribution is 2.25. The minimum atomic E-state index is -0.380. The molecule has 2 heterocycles. The number of hydrogen-bond acceptors (Lipinski definition) is 2. The van der Waals surface area contributed by atoms with Crippen LogP contribution in [-0.2, 0) is 0 Å². The lowest BCUT2D eigenvalue weighted by Gasteiger charge is -2.06. The van der Waals surface area contributed by atoms with Gasteiger partial charge in [-0.1, -0.05) is 0 Å². The van der Waals surface area contributed by atoms with E-state index in [1.165, 1.54) is 17.4 Å². The average Bonchev–Trinajstić information content (AvgIpc) is 2.72. The molecular weight excluding hydrogens is 187 g/mol. The third-order valence-electron chi connectivity index (χ3n) is 1.88. The van der Waals surface area contributed by atoms with Crippen molar-refractivity contribution in [3.63, 3.8) is 0 Å². The van der Waals surface area contributed by atoms with E-state index in [1.54, 1.807) is 11.6 Å². The lowest BCUT2D eigenvalue weighted by molar-refractivity contribution is 0.608. The van der Waals surface area contributed by atoms with Crippen molar-refractivity contribution in [3.8, 4) is 0 Å². The Morgan fingerprint density at radius 1 is 1.46 bits per heavy atom. The van der Waals surface area contributed by atoms with Gasteiger partial charge in [-0.05, 0) is 23.6 Å². The van der Waals surface area contributed by atoms with Gasteiger partial charge in [0.2, 0.25) is 0 Å². The van der Waals surface area contributed by atoms with E-state index in [0.29, 0.717) is 4.88 Å². The molecule has 0 saturated heterocycles. The molecule has 4 heteroatoms. The molecule has 0 fully saturated rings. The third-order valence-corrected chi connectivity index (χ3v) is 2.86. The molecule has 0 aliphatic carbocycles. The van der Waals surface area contributed by atoms with Crippen molar-refractivity contribution in [2.24, 2.45) is 5.73 Å². The number of rotatable bonds is 2. The fourth-order valence-corrected chi connectivity index (χ4v) is 1.99. The van der Waals surface area contributed by atoms with Crippen LogP contribution in [0.15, 0.2) is 29.8 Å². The molecule has 0 bridgehead atoms. The molecule has 68 valence electrons. The molecule has 0 amide bonds. The van der Waals surface area contributed by atoms with Crippen LogP contribution in [0.3, 0.4) is 0 Å². The first-order chi connectivity index (χ1) is 6.29. The number of nitrogens with two attached hydrogens (primary N) is 1. The van der Waals surface area contributed by atoms with Crippen molar-refractivity contribution >= 4 is 11.3 Å². The largest absolute Gasteiger partial charge is 0.363 e. The summed E-state index contributed by atoms with van der Waals surface area (Å²) in [6.07, 6.45) is 1.78. The Kier molecular flexibility index (Phi) is 2.16. The fraction of sp³-hybridized carbons (Fsp3) is 0.111. The SMILES string of the molecule is NC(c1ccc[nH]1)c1sccc1F. The molecule has 0 saturated carbocycles. The molecule has 0 aromatic carbocycles. The molecule has 1 unspecified atom stereocenters. The van der Waals surface area contributed by atoms with E-state index in [4.69, 9.17) is 5.73 Å². The van der Waals surface area contributed by atoms with Crippen LogP contribution < -0.4 is 5.73 Å². The first-order valence-corrected chi connectivity index (χ1v) is 4.79. The molecule has 13 heavy (non-hydrogen) atoms. The lowest BCUT2D eigenvalue weighted by Crippen LogP contribution is -2.11. The maximum Gasteiger partial charge on any atom is 0.139 e. The molecule has 2 aromatic heterocycles. The zero-order valence-electron chi connectivity index (χ0n) is 6.83. The predicted molar refractivity (Wildman–Crippen MR) is 51.1 cm³/mol. The predicted octanol–water partition coefficient (Wildman–Crippen LogP) is 2.26. The van der Waals surface area contributed by atoms with E-state index in [-0.39, 0.29) is 11.9 Å². The van der Waals surface area contributed by atoms with Crippen LogP contribution in [0.2, 0.25) is 0 Å². The van der Waals surface area contributed by atoms with Crippen molar-refractivity contribution in [1.29, 1.82) is 0 Å². The second kappa shape index (κ2) is 3.32.